The summed E-state index contributed by atoms with van der Waals surface area (Å²) < 4.78 is 0. The summed E-state index contributed by atoms with van der Waals surface area (Å²) >= 11 is 0. The number of aromatic nitrogens is 1. The first-order chi connectivity index (χ1) is 10.8. The van der Waals surface area contributed by atoms with Gasteiger partial charge in [-0.1, -0.05) is 24.4 Å². The first-order valence-corrected chi connectivity index (χ1v) is 7.94. The van der Waals surface area contributed by atoms with E-state index in [9.17, 15) is 4.79 Å². The van der Waals surface area contributed by atoms with Crippen molar-refractivity contribution in [2.45, 2.75) is 44.6 Å². The summed E-state index contributed by atoms with van der Waals surface area (Å²) in [6.07, 6.45) is 10.2. The van der Waals surface area contributed by atoms with Crippen LogP contribution >= 0.6 is 0 Å². The molecule has 1 aliphatic carbocycles. The third kappa shape index (κ3) is 5.44. The zero-order valence-electron chi connectivity index (χ0n) is 12.8. The second-order valence-corrected chi connectivity index (χ2v) is 5.61. The van der Waals surface area contributed by atoms with Crippen LogP contribution in [0, 0.1) is 0 Å². The van der Waals surface area contributed by atoms with Gasteiger partial charge < -0.3 is 15.8 Å². The summed E-state index contributed by atoms with van der Waals surface area (Å²) in [4.78, 5) is 15.9. The third-order valence-electron chi connectivity index (χ3n) is 3.92. The van der Waals surface area contributed by atoms with Gasteiger partial charge in [0.1, 0.15) is 0 Å². The molecule has 3 N–H and O–H groups in total. The Labute approximate surface area is 131 Å². The van der Waals surface area contributed by atoms with E-state index in [-0.39, 0.29) is 5.91 Å². The summed E-state index contributed by atoms with van der Waals surface area (Å²) in [5.74, 6) is -0.127. The zero-order chi connectivity index (χ0) is 15.6. The number of hydrogen-bond donors (Lipinski definition) is 3. The smallest absolute Gasteiger partial charge is 0.252 e. The molecule has 1 saturated carbocycles. The van der Waals surface area contributed by atoms with Crippen molar-refractivity contribution in [3.05, 3.63) is 29.6 Å². The van der Waals surface area contributed by atoms with Crippen molar-refractivity contribution in [1.82, 2.24) is 15.6 Å². The van der Waals surface area contributed by atoms with Crippen molar-refractivity contribution in [2.75, 3.05) is 13.1 Å². The van der Waals surface area contributed by atoms with Crippen molar-refractivity contribution in [3.63, 3.8) is 0 Å². The van der Waals surface area contributed by atoms with E-state index < -0.39 is 0 Å². The van der Waals surface area contributed by atoms with Crippen molar-refractivity contribution < 1.29 is 10.0 Å². The maximum Gasteiger partial charge on any atom is 0.252 e. The van der Waals surface area contributed by atoms with E-state index in [0.29, 0.717) is 23.8 Å². The second-order valence-electron chi connectivity index (χ2n) is 5.61. The van der Waals surface area contributed by atoms with E-state index in [1.165, 1.54) is 44.5 Å². The molecule has 0 atom stereocenters. The first kappa shape index (κ1) is 16.4. The SMILES string of the molecule is O=C(NCCCNC1CCCCC1)c1ccc(/C=N\O)nc1. The van der Waals surface area contributed by atoms with Gasteiger partial charge in [0, 0.05) is 18.8 Å². The van der Waals surface area contributed by atoms with Crippen LogP contribution in [0.25, 0.3) is 0 Å². The molecule has 2 rings (SSSR count). The van der Waals surface area contributed by atoms with Crippen LogP contribution in [0.1, 0.15) is 54.6 Å². The number of hydrogen-bond acceptors (Lipinski definition) is 5. The quantitative estimate of drug-likeness (QED) is 0.311. The molecule has 0 bridgehead atoms. The average molecular weight is 304 g/mol. The number of oxime groups is 1. The lowest BCUT2D eigenvalue weighted by molar-refractivity contribution is 0.0953. The lowest BCUT2D eigenvalue weighted by Gasteiger charge is -2.22. The van der Waals surface area contributed by atoms with Gasteiger partial charge in [-0.2, -0.15) is 0 Å². The Kier molecular flexibility index (Phi) is 6.83. The Balaban J connectivity index is 1.62. The van der Waals surface area contributed by atoms with E-state index >= 15 is 0 Å². The molecular weight excluding hydrogens is 280 g/mol. The molecule has 6 heteroatoms. The molecule has 1 aromatic rings. The van der Waals surface area contributed by atoms with Crippen LogP contribution in [0.2, 0.25) is 0 Å². The van der Waals surface area contributed by atoms with Gasteiger partial charge in [0.05, 0.1) is 17.5 Å². The highest BCUT2D eigenvalue weighted by atomic mass is 16.4. The lowest BCUT2D eigenvalue weighted by Crippen LogP contribution is -2.34. The Morgan fingerprint density at radius 3 is 2.82 bits per heavy atom. The Morgan fingerprint density at radius 2 is 2.14 bits per heavy atom. The highest BCUT2D eigenvalue weighted by Crippen LogP contribution is 2.17. The maximum atomic E-state index is 11.9. The molecule has 1 fully saturated rings. The monoisotopic (exact) mass is 304 g/mol. The standard InChI is InChI=1S/C16H24N4O2/c21-16(13-7-8-15(12-20-22)19-11-13)18-10-4-9-17-14-5-2-1-3-6-14/h7-8,11-12,14,17,22H,1-6,9-10H2,(H,18,21)/b20-12-. The Morgan fingerprint density at radius 1 is 1.32 bits per heavy atom. The molecule has 1 amide bonds. The summed E-state index contributed by atoms with van der Waals surface area (Å²) in [5, 5.41) is 17.7. The summed E-state index contributed by atoms with van der Waals surface area (Å²) in [5.41, 5.74) is 1.02. The second kappa shape index (κ2) is 9.15. The van der Waals surface area contributed by atoms with E-state index in [4.69, 9.17) is 5.21 Å². The van der Waals surface area contributed by atoms with E-state index in [1.807, 2.05) is 0 Å². The highest BCUT2D eigenvalue weighted by molar-refractivity contribution is 5.94. The fourth-order valence-electron chi connectivity index (χ4n) is 2.68. The predicted molar refractivity (Wildman–Crippen MR) is 85.4 cm³/mol. The summed E-state index contributed by atoms with van der Waals surface area (Å²) in [7, 11) is 0. The van der Waals surface area contributed by atoms with Crippen molar-refractivity contribution in [2.24, 2.45) is 5.16 Å². The number of carbonyl (C=O) groups is 1. The molecular formula is C16H24N4O2. The van der Waals surface area contributed by atoms with Gasteiger partial charge in [-0.15, -0.1) is 0 Å². The first-order valence-electron chi connectivity index (χ1n) is 7.94. The highest BCUT2D eigenvalue weighted by Gasteiger charge is 2.11. The normalized spacial score (nSPS) is 16.0. The van der Waals surface area contributed by atoms with Gasteiger partial charge in [-0.3, -0.25) is 9.78 Å². The number of carbonyl (C=O) groups excluding carboxylic acids is 1. The van der Waals surface area contributed by atoms with Gasteiger partial charge >= 0.3 is 0 Å². The van der Waals surface area contributed by atoms with E-state index in [1.54, 1.807) is 12.1 Å². The molecule has 0 aromatic carbocycles. The van der Waals surface area contributed by atoms with Gasteiger partial charge in [0.2, 0.25) is 0 Å². The maximum absolute atomic E-state index is 11.9. The number of nitrogens with zero attached hydrogens (tertiary/aromatic N) is 2. The third-order valence-corrected chi connectivity index (χ3v) is 3.92. The van der Waals surface area contributed by atoms with Gasteiger partial charge in [-0.25, -0.2) is 0 Å². The van der Waals surface area contributed by atoms with Crippen LogP contribution in [0.3, 0.4) is 0 Å². The Bertz CT molecular complexity index is 481. The van der Waals surface area contributed by atoms with Crippen molar-refractivity contribution >= 4 is 12.1 Å². The molecule has 1 aromatic heterocycles. The molecule has 0 unspecified atom stereocenters. The minimum atomic E-state index is -0.127. The molecule has 120 valence electrons. The predicted octanol–water partition coefficient (Wildman–Crippen LogP) is 1.93. The van der Waals surface area contributed by atoms with Crippen molar-refractivity contribution in [1.29, 1.82) is 0 Å². The minimum absolute atomic E-state index is 0.127. The van der Waals surface area contributed by atoms with E-state index in [0.717, 1.165) is 13.0 Å². The topological polar surface area (TPSA) is 86.6 Å². The molecule has 0 spiro atoms. The zero-order valence-corrected chi connectivity index (χ0v) is 12.8. The van der Waals surface area contributed by atoms with Crippen LogP contribution in [-0.4, -0.2) is 41.4 Å². The molecule has 22 heavy (non-hydrogen) atoms. The molecule has 1 aliphatic rings. The molecule has 0 saturated heterocycles. The number of rotatable bonds is 7. The van der Waals surface area contributed by atoms with Crippen molar-refractivity contribution in [3.8, 4) is 0 Å². The molecule has 1 heterocycles. The largest absolute Gasteiger partial charge is 0.411 e. The molecule has 0 radical (unpaired) electrons. The molecule has 0 aliphatic heterocycles. The minimum Gasteiger partial charge on any atom is -0.411 e. The fourth-order valence-corrected chi connectivity index (χ4v) is 2.68. The van der Waals surface area contributed by atoms with Crippen LogP contribution in [0.4, 0.5) is 0 Å². The van der Waals surface area contributed by atoms with Crippen LogP contribution in [-0.2, 0) is 0 Å². The van der Waals surface area contributed by atoms with Gasteiger partial charge in [0.15, 0.2) is 0 Å². The number of pyridine rings is 1. The number of amides is 1. The van der Waals surface area contributed by atoms with E-state index in [2.05, 4.69) is 20.8 Å². The van der Waals surface area contributed by atoms with Gasteiger partial charge in [-0.05, 0) is 37.9 Å². The fraction of sp³-hybridized carbons (Fsp3) is 0.562. The molecule has 6 nitrogen and oxygen atoms in total. The van der Waals surface area contributed by atoms with Crippen LogP contribution in [0.5, 0.6) is 0 Å². The Hall–Kier alpha value is -1.95. The van der Waals surface area contributed by atoms with Crippen LogP contribution in [0.15, 0.2) is 23.5 Å². The van der Waals surface area contributed by atoms with Crippen LogP contribution < -0.4 is 10.6 Å². The number of nitrogens with one attached hydrogen (secondary N) is 2. The summed E-state index contributed by atoms with van der Waals surface area (Å²) in [6, 6.07) is 3.97. The average Bonchev–Trinajstić information content (AvgIpc) is 2.56. The van der Waals surface area contributed by atoms with Gasteiger partial charge in [0.25, 0.3) is 5.91 Å². The lowest BCUT2D eigenvalue weighted by atomic mass is 9.95. The summed E-state index contributed by atoms with van der Waals surface area (Å²) in [6.45, 7) is 1.59.